The van der Waals surface area contributed by atoms with Crippen molar-refractivity contribution in [2.24, 2.45) is 28.8 Å². The highest BCUT2D eigenvalue weighted by molar-refractivity contribution is 6.70. The first-order valence-corrected chi connectivity index (χ1v) is 31.1. The SMILES string of the molecule is CC[C@H]1OC(=O)[C@H](C)[C@H](O[C@H]2C[C@@](C)(OC)[C@@H](O[Si](C)(C)C)[C@H](C)O2)[C@H](C)[C@@H](O[C@@H]2O[C@H](C)C[C@H](N(C)C)[C@H]2O[Si](C)(C)C)[C@@](C)(OC)C[C@@H](C)/C(=N\OC(C)(C)OC)[C@H](C)[C@@H](O)[C@]1(C)O. The van der Waals surface area contributed by atoms with Gasteiger partial charge in [-0.2, -0.15) is 0 Å². The molecule has 3 heterocycles. The van der Waals surface area contributed by atoms with Gasteiger partial charge in [0.05, 0.1) is 59.5 Å². The van der Waals surface area contributed by atoms with Gasteiger partial charge in [-0.3, -0.25) is 4.79 Å². The van der Waals surface area contributed by atoms with Crippen molar-refractivity contribution in [2.75, 3.05) is 35.4 Å². The molecule has 0 aromatic rings. The largest absolute Gasteiger partial charge is 0.459 e. The molecule has 0 radical (unpaired) electrons. The smallest absolute Gasteiger partial charge is 0.311 e. The number of likely N-dealkylation sites (N-methyl/N-ethyl adjacent to an activating group) is 1. The van der Waals surface area contributed by atoms with Gasteiger partial charge < -0.3 is 66.7 Å². The fourth-order valence-corrected chi connectivity index (χ4v) is 12.4. The molecule has 18 atom stereocenters. The fraction of sp³-hybridized carbons (Fsp3) is 0.958. The molecule has 0 aromatic heterocycles. The third kappa shape index (κ3) is 14.7. The summed E-state index contributed by atoms with van der Waals surface area (Å²) >= 11 is 0. The number of rotatable bonds is 15. The Morgan fingerprint density at radius 3 is 1.88 bits per heavy atom. The predicted molar refractivity (Wildman–Crippen MR) is 260 cm³/mol. The standard InChI is InChI=1S/C48H94N2O14Si2/c1-24-35-48(12,53)40(51)30(4)37(49-64-45(8,9)54-15)28(2)26-46(10,55-16)41(61-44-39(62-65(18,19)20)34(50(13)14)25-29(3)57-44)31(5)38(32(6)43(52)59-35)60-36-27-47(11,56-17)42(33(7)58-36)63-66(21,22)23/h28-36,38-42,44,51,53H,24-27H2,1-23H3/b49-37+/t28-,29-,30+,31+,32-,33+,34+,35-,36+,38-,39-,40-,41-,42+,44+,46+,47-,48-/m1/s1. The molecule has 0 aromatic carbocycles. The lowest BCUT2D eigenvalue weighted by molar-refractivity contribution is -0.316. The Balaban J connectivity index is 2.39. The van der Waals surface area contributed by atoms with Crippen molar-refractivity contribution in [1.82, 2.24) is 4.90 Å². The maximum atomic E-state index is 14.8. The second-order valence-corrected chi connectivity index (χ2v) is 31.8. The average Bonchev–Trinajstić information content (AvgIpc) is 3.20. The van der Waals surface area contributed by atoms with E-state index in [0.29, 0.717) is 12.1 Å². The summed E-state index contributed by atoms with van der Waals surface area (Å²) in [6.07, 6.45) is -5.99. The van der Waals surface area contributed by atoms with E-state index in [1.165, 1.54) is 14.0 Å². The van der Waals surface area contributed by atoms with Crippen LogP contribution >= 0.6 is 0 Å². The summed E-state index contributed by atoms with van der Waals surface area (Å²) in [6.45, 7) is 35.1. The van der Waals surface area contributed by atoms with Crippen molar-refractivity contribution in [3.05, 3.63) is 0 Å². The highest BCUT2D eigenvalue weighted by Crippen LogP contribution is 2.43. The van der Waals surface area contributed by atoms with Gasteiger partial charge in [-0.05, 0) is 114 Å². The van der Waals surface area contributed by atoms with Gasteiger partial charge in [-0.15, -0.1) is 0 Å². The molecule has 0 saturated carbocycles. The van der Waals surface area contributed by atoms with Crippen LogP contribution in [-0.2, 0) is 56.4 Å². The highest BCUT2D eigenvalue weighted by atomic mass is 28.4. The highest BCUT2D eigenvalue weighted by Gasteiger charge is 2.55. The number of esters is 1. The summed E-state index contributed by atoms with van der Waals surface area (Å²) in [5.41, 5.74) is -3.44. The number of oxime groups is 1. The van der Waals surface area contributed by atoms with E-state index in [4.69, 9.17) is 51.6 Å². The Hall–Kier alpha value is -1.11. The van der Waals surface area contributed by atoms with E-state index in [2.05, 4.69) is 49.3 Å². The minimum atomic E-state index is -2.19. The third-order valence-corrected chi connectivity index (χ3v) is 16.0. The summed E-state index contributed by atoms with van der Waals surface area (Å²) < 4.78 is 66.4. The molecule has 3 rings (SSSR count). The fourth-order valence-electron chi connectivity index (χ4n) is 10.1. The molecular formula is C48H94N2O14Si2. The number of nitrogens with zero attached hydrogens (tertiary/aromatic N) is 2. The van der Waals surface area contributed by atoms with Crippen molar-refractivity contribution in [1.29, 1.82) is 0 Å². The quantitative estimate of drug-likeness (QED) is 0.0721. The van der Waals surface area contributed by atoms with Gasteiger partial charge in [0.1, 0.15) is 17.8 Å². The molecule has 0 amide bonds. The second kappa shape index (κ2) is 23.0. The van der Waals surface area contributed by atoms with Crippen LogP contribution in [0.5, 0.6) is 0 Å². The Bertz CT molecular complexity index is 1580. The molecule has 3 fully saturated rings. The summed E-state index contributed by atoms with van der Waals surface area (Å²) in [4.78, 5) is 23.0. The minimum absolute atomic E-state index is 0.0377. The summed E-state index contributed by atoms with van der Waals surface area (Å²) in [7, 11) is 4.68. The number of aliphatic hydroxyl groups is 2. The number of hydrogen-bond donors (Lipinski definition) is 2. The lowest BCUT2D eigenvalue weighted by Gasteiger charge is -2.51. The molecule has 66 heavy (non-hydrogen) atoms. The monoisotopic (exact) mass is 979 g/mol. The first kappa shape index (κ1) is 59.2. The molecule has 18 heteroatoms. The summed E-state index contributed by atoms with van der Waals surface area (Å²) in [5, 5.41) is 29.1. The maximum absolute atomic E-state index is 14.8. The molecule has 3 saturated heterocycles. The van der Waals surface area contributed by atoms with Crippen molar-refractivity contribution >= 4 is 28.3 Å². The molecule has 0 bridgehead atoms. The van der Waals surface area contributed by atoms with Crippen LogP contribution in [0.4, 0.5) is 0 Å². The van der Waals surface area contributed by atoms with Crippen LogP contribution in [0.1, 0.15) is 109 Å². The van der Waals surface area contributed by atoms with E-state index in [1.54, 1.807) is 48.8 Å². The number of aliphatic hydroxyl groups excluding tert-OH is 1. The molecule has 0 aliphatic carbocycles. The van der Waals surface area contributed by atoms with Gasteiger partial charge in [0.25, 0.3) is 0 Å². The van der Waals surface area contributed by atoms with Gasteiger partial charge in [0.15, 0.2) is 29.2 Å². The van der Waals surface area contributed by atoms with Gasteiger partial charge in [0, 0.05) is 65.4 Å². The molecule has 3 aliphatic rings. The number of hydrogen-bond acceptors (Lipinski definition) is 16. The van der Waals surface area contributed by atoms with Gasteiger partial charge >= 0.3 is 5.97 Å². The first-order chi connectivity index (χ1) is 30.1. The Morgan fingerprint density at radius 2 is 1.38 bits per heavy atom. The Kier molecular flexibility index (Phi) is 20.6. The van der Waals surface area contributed by atoms with Crippen molar-refractivity contribution in [3.8, 4) is 0 Å². The number of carbonyl (C=O) groups is 1. The van der Waals surface area contributed by atoms with Gasteiger partial charge in [-0.1, -0.05) is 32.9 Å². The zero-order valence-electron chi connectivity index (χ0n) is 45.2. The zero-order valence-corrected chi connectivity index (χ0v) is 47.2. The zero-order chi connectivity index (χ0) is 50.7. The van der Waals surface area contributed by atoms with Crippen molar-refractivity contribution < 1.29 is 66.6 Å². The number of ether oxygens (including phenoxy) is 8. The molecule has 0 unspecified atom stereocenters. The van der Waals surface area contributed by atoms with Gasteiger partial charge in [0.2, 0.25) is 5.79 Å². The van der Waals surface area contributed by atoms with E-state index >= 15 is 0 Å². The first-order valence-electron chi connectivity index (χ1n) is 24.3. The Labute approximate surface area is 400 Å². The van der Waals surface area contributed by atoms with Crippen molar-refractivity contribution in [3.63, 3.8) is 0 Å². The van der Waals surface area contributed by atoms with Crippen LogP contribution in [0.3, 0.4) is 0 Å². The molecule has 16 nitrogen and oxygen atoms in total. The topological polar surface area (TPSA) is 175 Å². The van der Waals surface area contributed by atoms with E-state index in [0.717, 1.165) is 6.42 Å². The number of carbonyl (C=O) groups excluding carboxylic acids is 1. The minimum Gasteiger partial charge on any atom is -0.459 e. The van der Waals surface area contributed by atoms with E-state index in [1.807, 2.05) is 55.6 Å². The van der Waals surface area contributed by atoms with E-state index in [-0.39, 0.29) is 31.1 Å². The lowest BCUT2D eigenvalue weighted by atomic mass is 9.73. The number of cyclic esters (lactones) is 1. The van der Waals surface area contributed by atoms with Gasteiger partial charge in [-0.25, -0.2) is 0 Å². The third-order valence-electron chi connectivity index (χ3n) is 14.1. The van der Waals surface area contributed by atoms with Crippen LogP contribution in [0.2, 0.25) is 39.3 Å². The van der Waals surface area contributed by atoms with Crippen LogP contribution in [0.25, 0.3) is 0 Å². The molecule has 0 spiro atoms. The van der Waals surface area contributed by atoms with Crippen LogP contribution in [-0.4, -0.2) is 169 Å². The van der Waals surface area contributed by atoms with Crippen LogP contribution < -0.4 is 0 Å². The average molecular weight is 979 g/mol. The van der Waals surface area contributed by atoms with Crippen molar-refractivity contribution in [2.45, 2.75) is 238 Å². The molecule has 2 N–H and O–H groups in total. The summed E-state index contributed by atoms with van der Waals surface area (Å²) in [6, 6.07) is -0.0377. The molecular weight excluding hydrogens is 885 g/mol. The molecule has 388 valence electrons. The normalized spacial score (nSPS) is 42.5. The van der Waals surface area contributed by atoms with Crippen LogP contribution in [0.15, 0.2) is 5.16 Å². The lowest BCUT2D eigenvalue weighted by Crippen LogP contribution is -2.63. The molecule has 3 aliphatic heterocycles. The number of methoxy groups -OCH3 is 3. The van der Waals surface area contributed by atoms with Crippen LogP contribution in [0, 0.1) is 23.7 Å². The van der Waals surface area contributed by atoms with E-state index in [9.17, 15) is 15.0 Å². The predicted octanol–water partition coefficient (Wildman–Crippen LogP) is 7.34. The van der Waals surface area contributed by atoms with E-state index < -0.39 is 118 Å². The second-order valence-electron chi connectivity index (χ2n) is 22.9. The maximum Gasteiger partial charge on any atom is 0.311 e. The Morgan fingerprint density at radius 1 is 0.818 bits per heavy atom. The summed E-state index contributed by atoms with van der Waals surface area (Å²) in [5.74, 6) is -4.58.